The fraction of sp³-hybridized carbons (Fsp3) is 0.375. The molecule has 0 unspecified atom stereocenters. The van der Waals surface area contributed by atoms with Crippen LogP contribution in [0.3, 0.4) is 0 Å². The van der Waals surface area contributed by atoms with Crippen LogP contribution in [-0.2, 0) is 6.54 Å². The van der Waals surface area contributed by atoms with Gasteiger partial charge in [-0.05, 0) is 31.5 Å². The van der Waals surface area contributed by atoms with Crippen LogP contribution in [0.4, 0.5) is 5.82 Å². The molecule has 0 saturated carbocycles. The van der Waals surface area contributed by atoms with Crippen molar-refractivity contribution in [3.63, 3.8) is 0 Å². The standard InChI is InChI=1S/C16H21N3O/c1-3-4-11-20-16-14(8-6-10-17-16)12-18-15-9-5-7-13(2)19-15/h5-10H,3-4,11-12H2,1-2H3,(H,18,19). The van der Waals surface area contributed by atoms with Gasteiger partial charge in [0.2, 0.25) is 5.88 Å². The Morgan fingerprint density at radius 1 is 1.20 bits per heavy atom. The number of hydrogen-bond donors (Lipinski definition) is 1. The molecule has 0 amide bonds. The molecule has 1 N–H and O–H groups in total. The van der Waals surface area contributed by atoms with Crippen molar-refractivity contribution in [1.82, 2.24) is 9.97 Å². The number of rotatable bonds is 7. The monoisotopic (exact) mass is 271 g/mol. The summed E-state index contributed by atoms with van der Waals surface area (Å²) in [6.07, 6.45) is 3.92. The largest absolute Gasteiger partial charge is 0.477 e. The highest BCUT2D eigenvalue weighted by Crippen LogP contribution is 2.16. The van der Waals surface area contributed by atoms with Gasteiger partial charge in [0.1, 0.15) is 5.82 Å². The lowest BCUT2D eigenvalue weighted by Crippen LogP contribution is -2.06. The molecule has 4 nitrogen and oxygen atoms in total. The lowest BCUT2D eigenvalue weighted by atomic mass is 10.2. The minimum atomic E-state index is 0.658. The summed E-state index contributed by atoms with van der Waals surface area (Å²) in [4.78, 5) is 8.72. The van der Waals surface area contributed by atoms with Gasteiger partial charge in [-0.1, -0.05) is 25.5 Å². The molecule has 0 aliphatic carbocycles. The number of nitrogens with zero attached hydrogens (tertiary/aromatic N) is 2. The Bertz CT molecular complexity index is 543. The van der Waals surface area contributed by atoms with E-state index in [1.54, 1.807) is 6.20 Å². The molecule has 0 atom stereocenters. The molecule has 106 valence electrons. The van der Waals surface area contributed by atoms with E-state index in [2.05, 4.69) is 22.2 Å². The highest BCUT2D eigenvalue weighted by molar-refractivity contribution is 5.38. The van der Waals surface area contributed by atoms with Crippen molar-refractivity contribution in [3.8, 4) is 5.88 Å². The van der Waals surface area contributed by atoms with Crippen LogP contribution >= 0.6 is 0 Å². The summed E-state index contributed by atoms with van der Waals surface area (Å²) in [5.41, 5.74) is 2.05. The van der Waals surface area contributed by atoms with Crippen LogP contribution in [0.25, 0.3) is 0 Å². The molecule has 2 rings (SSSR count). The molecule has 0 bridgehead atoms. The van der Waals surface area contributed by atoms with E-state index >= 15 is 0 Å². The number of aryl methyl sites for hydroxylation is 1. The molecule has 20 heavy (non-hydrogen) atoms. The summed E-state index contributed by atoms with van der Waals surface area (Å²) in [5.74, 6) is 1.58. The predicted molar refractivity (Wildman–Crippen MR) is 80.9 cm³/mol. The molecule has 0 saturated heterocycles. The average molecular weight is 271 g/mol. The van der Waals surface area contributed by atoms with Gasteiger partial charge in [-0.3, -0.25) is 0 Å². The van der Waals surface area contributed by atoms with Gasteiger partial charge in [0, 0.05) is 24.0 Å². The summed E-state index contributed by atoms with van der Waals surface area (Å²) < 4.78 is 5.72. The Morgan fingerprint density at radius 2 is 2.10 bits per heavy atom. The van der Waals surface area contributed by atoms with Gasteiger partial charge in [-0.2, -0.15) is 0 Å². The van der Waals surface area contributed by atoms with E-state index < -0.39 is 0 Å². The van der Waals surface area contributed by atoms with Crippen molar-refractivity contribution < 1.29 is 4.74 Å². The van der Waals surface area contributed by atoms with E-state index in [-0.39, 0.29) is 0 Å². The molecule has 0 aliphatic heterocycles. The van der Waals surface area contributed by atoms with E-state index in [1.165, 1.54) is 0 Å². The quantitative estimate of drug-likeness (QED) is 0.782. The SMILES string of the molecule is CCCCOc1ncccc1CNc1cccc(C)n1. The zero-order valence-electron chi connectivity index (χ0n) is 12.1. The van der Waals surface area contributed by atoms with Crippen LogP contribution in [0.2, 0.25) is 0 Å². The number of hydrogen-bond acceptors (Lipinski definition) is 4. The van der Waals surface area contributed by atoms with Crippen molar-refractivity contribution in [1.29, 1.82) is 0 Å². The maximum Gasteiger partial charge on any atom is 0.218 e. The third-order valence-electron chi connectivity index (χ3n) is 2.93. The summed E-state index contributed by atoms with van der Waals surface area (Å²) in [7, 11) is 0. The van der Waals surface area contributed by atoms with Crippen LogP contribution in [0.1, 0.15) is 31.0 Å². The van der Waals surface area contributed by atoms with Crippen molar-refractivity contribution in [2.75, 3.05) is 11.9 Å². The number of unbranched alkanes of at least 4 members (excludes halogenated alkanes) is 1. The normalized spacial score (nSPS) is 10.3. The maximum atomic E-state index is 5.72. The van der Waals surface area contributed by atoms with E-state index in [0.717, 1.165) is 29.9 Å². The molecular formula is C16H21N3O. The highest BCUT2D eigenvalue weighted by Gasteiger charge is 2.04. The molecule has 0 aliphatic rings. The van der Waals surface area contributed by atoms with Gasteiger partial charge < -0.3 is 10.1 Å². The lowest BCUT2D eigenvalue weighted by molar-refractivity contribution is 0.295. The second kappa shape index (κ2) is 7.48. The van der Waals surface area contributed by atoms with Gasteiger partial charge in [0.25, 0.3) is 0 Å². The minimum absolute atomic E-state index is 0.658. The van der Waals surface area contributed by atoms with Crippen LogP contribution in [0.5, 0.6) is 5.88 Å². The topological polar surface area (TPSA) is 47.0 Å². The van der Waals surface area contributed by atoms with E-state index in [9.17, 15) is 0 Å². The average Bonchev–Trinajstić information content (AvgIpc) is 2.47. The Kier molecular flexibility index (Phi) is 5.35. The number of pyridine rings is 2. The first-order chi connectivity index (χ1) is 9.79. The van der Waals surface area contributed by atoms with Gasteiger partial charge in [0.05, 0.1) is 6.61 Å². The fourth-order valence-electron chi connectivity index (χ4n) is 1.83. The minimum Gasteiger partial charge on any atom is -0.477 e. The lowest BCUT2D eigenvalue weighted by Gasteiger charge is -2.11. The molecule has 0 fully saturated rings. The van der Waals surface area contributed by atoms with Crippen molar-refractivity contribution >= 4 is 5.82 Å². The zero-order valence-corrected chi connectivity index (χ0v) is 12.1. The predicted octanol–water partition coefficient (Wildman–Crippen LogP) is 3.58. The first kappa shape index (κ1) is 14.3. The summed E-state index contributed by atoms with van der Waals surface area (Å²) >= 11 is 0. The summed E-state index contributed by atoms with van der Waals surface area (Å²) in [6.45, 7) is 5.50. The van der Waals surface area contributed by atoms with E-state index in [1.807, 2.05) is 37.3 Å². The Hall–Kier alpha value is -2.10. The molecule has 0 spiro atoms. The number of anilines is 1. The number of aromatic nitrogens is 2. The zero-order chi connectivity index (χ0) is 14.2. The van der Waals surface area contributed by atoms with Crippen molar-refractivity contribution in [2.24, 2.45) is 0 Å². The van der Waals surface area contributed by atoms with Gasteiger partial charge in [-0.15, -0.1) is 0 Å². The summed E-state index contributed by atoms with van der Waals surface area (Å²) in [5, 5.41) is 3.30. The fourth-order valence-corrected chi connectivity index (χ4v) is 1.83. The van der Waals surface area contributed by atoms with Crippen LogP contribution in [-0.4, -0.2) is 16.6 Å². The Balaban J connectivity index is 1.98. The molecule has 2 aromatic heterocycles. The van der Waals surface area contributed by atoms with Gasteiger partial charge >= 0.3 is 0 Å². The molecule has 4 heteroatoms. The first-order valence-electron chi connectivity index (χ1n) is 7.04. The molecular weight excluding hydrogens is 250 g/mol. The van der Waals surface area contributed by atoms with Crippen LogP contribution < -0.4 is 10.1 Å². The molecule has 0 aromatic carbocycles. The second-order valence-corrected chi connectivity index (χ2v) is 4.69. The summed E-state index contributed by atoms with van der Waals surface area (Å²) in [6, 6.07) is 9.88. The highest BCUT2D eigenvalue weighted by atomic mass is 16.5. The van der Waals surface area contributed by atoms with E-state index in [4.69, 9.17) is 4.74 Å². The number of nitrogens with one attached hydrogen (secondary N) is 1. The smallest absolute Gasteiger partial charge is 0.218 e. The van der Waals surface area contributed by atoms with Crippen LogP contribution in [0, 0.1) is 6.92 Å². The molecule has 0 radical (unpaired) electrons. The molecule has 2 heterocycles. The van der Waals surface area contributed by atoms with E-state index in [0.29, 0.717) is 19.0 Å². The van der Waals surface area contributed by atoms with Gasteiger partial charge in [0.15, 0.2) is 0 Å². The second-order valence-electron chi connectivity index (χ2n) is 4.69. The first-order valence-corrected chi connectivity index (χ1v) is 7.04. The third kappa shape index (κ3) is 4.23. The Labute approximate surface area is 120 Å². The van der Waals surface area contributed by atoms with Crippen LogP contribution in [0.15, 0.2) is 36.5 Å². The molecule has 2 aromatic rings. The number of ether oxygens (including phenoxy) is 1. The Morgan fingerprint density at radius 3 is 2.90 bits per heavy atom. The third-order valence-corrected chi connectivity index (χ3v) is 2.93. The van der Waals surface area contributed by atoms with Crippen molar-refractivity contribution in [3.05, 3.63) is 47.8 Å². The van der Waals surface area contributed by atoms with Crippen molar-refractivity contribution in [2.45, 2.75) is 33.2 Å². The van der Waals surface area contributed by atoms with Gasteiger partial charge in [-0.25, -0.2) is 9.97 Å². The maximum absolute atomic E-state index is 5.72.